The van der Waals surface area contributed by atoms with Gasteiger partial charge in [-0.05, 0) is 30.3 Å². The minimum atomic E-state index is -3.23. The van der Waals surface area contributed by atoms with E-state index in [0.717, 1.165) is 28.2 Å². The molecule has 0 amide bonds. The molecule has 2 aromatic heterocycles. The number of pyridine rings is 1. The molecular formula is C18H18N6O2S. The lowest BCUT2D eigenvalue weighted by Crippen LogP contribution is -2.16. The van der Waals surface area contributed by atoms with E-state index in [1.165, 1.54) is 6.26 Å². The molecule has 4 rings (SSSR count). The maximum Gasteiger partial charge on any atom is 0.175 e. The highest BCUT2D eigenvalue weighted by Gasteiger charge is 2.16. The van der Waals surface area contributed by atoms with Crippen molar-refractivity contribution in [3.8, 4) is 11.3 Å². The van der Waals surface area contributed by atoms with Crippen LogP contribution in [0.2, 0.25) is 0 Å². The maximum atomic E-state index is 11.6. The molecule has 2 N–H and O–H groups in total. The topological polar surface area (TPSA) is 101 Å². The number of rotatable bonds is 4. The molecule has 0 atom stereocenters. The van der Waals surface area contributed by atoms with Gasteiger partial charge in [0.15, 0.2) is 9.84 Å². The molecule has 9 heteroatoms. The van der Waals surface area contributed by atoms with E-state index in [-0.39, 0.29) is 4.90 Å². The number of nitrogens with zero attached hydrogens (tertiary/aromatic N) is 4. The number of fused-ring (bicyclic) bond motifs is 1. The average Bonchev–Trinajstić information content (AvgIpc) is 3.08. The molecule has 3 heterocycles. The summed E-state index contributed by atoms with van der Waals surface area (Å²) in [5, 5.41) is 10.6. The third-order valence-electron chi connectivity index (χ3n) is 4.22. The highest BCUT2D eigenvalue weighted by molar-refractivity contribution is 7.90. The summed E-state index contributed by atoms with van der Waals surface area (Å²) >= 11 is 0. The van der Waals surface area contributed by atoms with Crippen LogP contribution in [0.4, 0.5) is 17.2 Å². The van der Waals surface area contributed by atoms with Gasteiger partial charge in [0.2, 0.25) is 0 Å². The molecular weight excluding hydrogens is 364 g/mol. The molecule has 1 aromatic carbocycles. The predicted molar refractivity (Wildman–Crippen MR) is 104 cm³/mol. The Morgan fingerprint density at radius 2 is 2.00 bits per heavy atom. The summed E-state index contributed by atoms with van der Waals surface area (Å²) in [5.74, 6) is 0.669. The van der Waals surface area contributed by atoms with Gasteiger partial charge in [-0.25, -0.2) is 18.4 Å². The molecule has 1 aliphatic heterocycles. The van der Waals surface area contributed by atoms with Crippen LogP contribution >= 0.6 is 0 Å². The van der Waals surface area contributed by atoms with E-state index >= 15 is 0 Å². The van der Waals surface area contributed by atoms with Crippen LogP contribution in [-0.4, -0.2) is 35.8 Å². The van der Waals surface area contributed by atoms with E-state index in [2.05, 4.69) is 20.7 Å². The van der Waals surface area contributed by atoms with E-state index in [4.69, 9.17) is 4.98 Å². The second kappa shape index (κ2) is 6.51. The van der Waals surface area contributed by atoms with Gasteiger partial charge in [0.05, 0.1) is 28.8 Å². The van der Waals surface area contributed by atoms with Crippen molar-refractivity contribution >= 4 is 33.4 Å². The maximum absolute atomic E-state index is 11.6. The number of aryl methyl sites for hydroxylation is 1. The van der Waals surface area contributed by atoms with E-state index in [1.54, 1.807) is 41.5 Å². The van der Waals surface area contributed by atoms with Crippen molar-refractivity contribution in [3.05, 3.63) is 48.3 Å². The summed E-state index contributed by atoms with van der Waals surface area (Å²) in [4.78, 5) is 9.43. The first kappa shape index (κ1) is 17.2. The molecule has 27 heavy (non-hydrogen) atoms. The van der Waals surface area contributed by atoms with Gasteiger partial charge in [-0.2, -0.15) is 5.10 Å². The second-order valence-corrected chi connectivity index (χ2v) is 8.33. The van der Waals surface area contributed by atoms with Crippen LogP contribution in [-0.2, 0) is 23.4 Å². The highest BCUT2D eigenvalue weighted by Crippen LogP contribution is 2.33. The molecule has 3 aromatic rings. The summed E-state index contributed by atoms with van der Waals surface area (Å²) < 4.78 is 25.0. The number of hydrogen-bond acceptors (Lipinski definition) is 7. The number of aliphatic imine (C=N–C) groups is 1. The largest absolute Gasteiger partial charge is 0.372 e. The van der Waals surface area contributed by atoms with Crippen molar-refractivity contribution in [1.82, 2.24) is 20.1 Å². The number of sulfone groups is 1. The van der Waals surface area contributed by atoms with E-state index in [0.29, 0.717) is 12.4 Å². The highest BCUT2D eigenvalue weighted by atomic mass is 32.2. The van der Waals surface area contributed by atoms with Gasteiger partial charge in [0.25, 0.3) is 0 Å². The van der Waals surface area contributed by atoms with Crippen LogP contribution in [0.3, 0.4) is 0 Å². The molecule has 0 bridgehead atoms. The van der Waals surface area contributed by atoms with Gasteiger partial charge in [-0.1, -0.05) is 0 Å². The fourth-order valence-electron chi connectivity index (χ4n) is 2.84. The normalized spacial score (nSPS) is 13.1. The van der Waals surface area contributed by atoms with E-state index in [1.807, 2.05) is 19.3 Å². The third kappa shape index (κ3) is 3.54. The minimum Gasteiger partial charge on any atom is -0.372 e. The van der Waals surface area contributed by atoms with Gasteiger partial charge in [-0.15, -0.1) is 0 Å². The van der Waals surface area contributed by atoms with Crippen LogP contribution in [0.5, 0.6) is 0 Å². The Morgan fingerprint density at radius 3 is 2.67 bits per heavy atom. The van der Waals surface area contributed by atoms with Gasteiger partial charge < -0.3 is 10.6 Å². The van der Waals surface area contributed by atoms with Crippen LogP contribution in [0.1, 0.15) is 5.56 Å². The van der Waals surface area contributed by atoms with Crippen LogP contribution in [0.25, 0.3) is 11.3 Å². The predicted octanol–water partition coefficient (Wildman–Crippen LogP) is 2.39. The fourth-order valence-corrected chi connectivity index (χ4v) is 3.47. The molecule has 0 aliphatic carbocycles. The number of benzene rings is 1. The Morgan fingerprint density at radius 1 is 1.22 bits per heavy atom. The van der Waals surface area contributed by atoms with Crippen molar-refractivity contribution in [2.45, 2.75) is 11.4 Å². The number of aromatic nitrogens is 3. The summed E-state index contributed by atoms with van der Waals surface area (Å²) in [7, 11) is -1.38. The first-order valence-electron chi connectivity index (χ1n) is 8.26. The smallest absolute Gasteiger partial charge is 0.175 e. The summed E-state index contributed by atoms with van der Waals surface area (Å²) in [6, 6.07) is 8.53. The minimum absolute atomic E-state index is 0.276. The Balaban J connectivity index is 1.74. The molecule has 138 valence electrons. The van der Waals surface area contributed by atoms with Crippen molar-refractivity contribution in [1.29, 1.82) is 0 Å². The zero-order valence-electron chi connectivity index (χ0n) is 14.8. The zero-order valence-corrected chi connectivity index (χ0v) is 15.7. The van der Waals surface area contributed by atoms with Crippen LogP contribution in [0.15, 0.2) is 52.6 Å². The third-order valence-corrected chi connectivity index (χ3v) is 5.35. The Bertz CT molecular complexity index is 1130. The number of anilines is 2. The lowest BCUT2D eigenvalue weighted by atomic mass is 10.1. The summed E-state index contributed by atoms with van der Waals surface area (Å²) in [6.45, 7) is 0.600. The molecule has 1 aliphatic rings. The molecule has 0 saturated heterocycles. The lowest BCUT2D eigenvalue weighted by molar-refractivity contribution is 0.602. The molecule has 0 unspecified atom stereocenters. The quantitative estimate of drug-likeness (QED) is 0.718. The zero-order chi connectivity index (χ0) is 19.0. The van der Waals surface area contributed by atoms with Gasteiger partial charge in [0.1, 0.15) is 5.82 Å². The molecule has 0 saturated carbocycles. The van der Waals surface area contributed by atoms with E-state index < -0.39 is 9.84 Å². The number of nitrogens with one attached hydrogen (secondary N) is 2. The number of hydrogen-bond donors (Lipinski definition) is 2. The average molecular weight is 382 g/mol. The Labute approximate surface area is 156 Å². The van der Waals surface area contributed by atoms with Crippen molar-refractivity contribution in [3.63, 3.8) is 0 Å². The SMILES string of the molecule is Cn1cc(-c2cc3c(c(Nc4ccc(S(C)(=O)=O)cc4)n2)CNC=N3)cn1. The summed E-state index contributed by atoms with van der Waals surface area (Å²) in [6.07, 6.45) is 6.50. The summed E-state index contributed by atoms with van der Waals surface area (Å²) in [5.41, 5.74) is 4.17. The fraction of sp³-hybridized carbons (Fsp3) is 0.167. The Hall–Kier alpha value is -3.20. The van der Waals surface area contributed by atoms with Gasteiger partial charge in [-0.3, -0.25) is 4.68 Å². The van der Waals surface area contributed by atoms with Crippen molar-refractivity contribution < 1.29 is 8.42 Å². The first-order chi connectivity index (χ1) is 12.9. The lowest BCUT2D eigenvalue weighted by Gasteiger charge is -2.18. The monoisotopic (exact) mass is 382 g/mol. The van der Waals surface area contributed by atoms with Gasteiger partial charge in [0, 0.05) is 42.9 Å². The molecule has 0 fully saturated rings. The van der Waals surface area contributed by atoms with Crippen LogP contribution in [0, 0.1) is 0 Å². The van der Waals surface area contributed by atoms with Gasteiger partial charge >= 0.3 is 0 Å². The first-order valence-corrected chi connectivity index (χ1v) is 10.2. The standard InChI is InChI=1S/C18H18N6O2S/c1-24-10-12(8-21-24)16-7-17-15(9-19-11-20-17)18(23-16)22-13-3-5-14(6-4-13)27(2,25)26/h3-8,10-11H,9H2,1-2H3,(H,19,20)(H,22,23). The molecule has 0 radical (unpaired) electrons. The Kier molecular flexibility index (Phi) is 4.15. The molecule has 0 spiro atoms. The van der Waals surface area contributed by atoms with Crippen LogP contribution < -0.4 is 10.6 Å². The second-order valence-electron chi connectivity index (χ2n) is 6.32. The van der Waals surface area contributed by atoms with Crippen molar-refractivity contribution in [2.24, 2.45) is 12.0 Å². The van der Waals surface area contributed by atoms with E-state index in [9.17, 15) is 8.42 Å². The van der Waals surface area contributed by atoms with Crippen molar-refractivity contribution in [2.75, 3.05) is 11.6 Å². The molecule has 8 nitrogen and oxygen atoms in total.